The van der Waals surface area contributed by atoms with Gasteiger partial charge in [0, 0.05) is 48.1 Å². The molecule has 16 aliphatic rings. The summed E-state index contributed by atoms with van der Waals surface area (Å²) in [5.41, 5.74) is 2.06. The van der Waals surface area contributed by atoms with Gasteiger partial charge in [-0.05, 0) is 186 Å². The average Bonchev–Trinajstić information content (AvgIpc) is 1.55. The molecule has 0 bridgehead atoms. The van der Waals surface area contributed by atoms with Crippen LogP contribution in [0.2, 0.25) is 0 Å². The number of likely N-dealkylation sites (tertiary alicyclic amines) is 4. The van der Waals surface area contributed by atoms with Gasteiger partial charge >= 0.3 is 24.4 Å². The van der Waals surface area contributed by atoms with E-state index >= 15 is 0 Å². The van der Waals surface area contributed by atoms with Crippen molar-refractivity contribution in [3.8, 4) is 0 Å². The molecule has 12 aliphatic heterocycles. The van der Waals surface area contributed by atoms with Crippen LogP contribution in [0.4, 0.5) is 19.2 Å². The van der Waals surface area contributed by atoms with Gasteiger partial charge in [0.15, 0.2) is 6.23 Å². The number of hydrogen-bond donors (Lipinski definition) is 4. The standard InChI is InChI=1S/C21H33NO7.C21H33NO6.C21H33NO5.C20H31NO6/c1-12(2)5-6-15-20(3,29-15)17-16(26-4)14(7-9-21(17)11-27-21)28-19(25)22-10-8-13(23)18(22)24;1-13(2)6-7-15-20(4,28-15)17-16(25-5)14(8-9-21(17)12-26-21)27-18(23)22-10-19(3,24)11-22;1-14(2)7-8-16-20(3,27-16)18-17(24-4)15(9-10-21(18)13-25-21)26-19(23)22-11-5-6-12-22;1-12(2)5-6-15-19(3,27-15)17-16(24-4)14(7-8-20(17)11-25-20)26-18(23)21-9-13(22)10-21/h5,13-18,23-24H,6-11H2,1-4H3;6,14-17,24H,7-12H2,1-5H3;7,15-18H,5-6,8-13H2,1-4H3;5,13-17,22H,6-11H2,1-4H3/t13?,14-,15-,16-,17-,18?,20+,21?;14-,15-,16-,17-,20+,21?;15-,16-,17-,18-,20+,21?;14-,15-,16-,17-,19+,20?/m1111/s1. The van der Waals surface area contributed by atoms with Gasteiger partial charge in [-0.1, -0.05) is 46.6 Å². The van der Waals surface area contributed by atoms with Gasteiger partial charge in [-0.25, -0.2) is 19.2 Å². The molecule has 0 aromatic heterocycles. The second-order valence-electron chi connectivity index (χ2n) is 36.8. The number of hydrogen-bond acceptors (Lipinski definition) is 24. The van der Waals surface area contributed by atoms with Gasteiger partial charge in [-0.15, -0.1) is 0 Å². The summed E-state index contributed by atoms with van der Waals surface area (Å²) in [6, 6.07) is 0. The second-order valence-corrected chi connectivity index (χ2v) is 36.8. The molecule has 4 spiro atoms. The minimum absolute atomic E-state index is 0.0200. The zero-order valence-electron chi connectivity index (χ0n) is 68.9. The van der Waals surface area contributed by atoms with E-state index in [1.165, 1.54) is 37.0 Å². The fourth-order valence-electron chi connectivity index (χ4n) is 20.5. The Morgan fingerprint density at radius 2 is 0.685 bits per heavy atom. The van der Waals surface area contributed by atoms with Crippen molar-refractivity contribution in [1.29, 1.82) is 0 Å². The summed E-state index contributed by atoms with van der Waals surface area (Å²) in [6.07, 6.45) is 14.8. The lowest BCUT2D eigenvalue weighted by molar-refractivity contribution is -0.133. The fraction of sp³-hybridized carbons (Fsp3) is 0.855. The number of allylic oxidation sites excluding steroid dienone is 4. The molecular formula is C83H130N4O24. The minimum Gasteiger partial charge on any atom is -0.443 e. The number of aliphatic hydroxyl groups excluding tert-OH is 3. The summed E-state index contributed by atoms with van der Waals surface area (Å²) < 4.78 is 95.2. The van der Waals surface area contributed by atoms with Crippen LogP contribution in [0.15, 0.2) is 46.6 Å². The molecule has 0 aromatic rings. The molecule has 4 N–H and O–H groups in total. The van der Waals surface area contributed by atoms with Crippen molar-refractivity contribution in [3.05, 3.63) is 46.6 Å². The first kappa shape index (κ1) is 84.3. The summed E-state index contributed by atoms with van der Waals surface area (Å²) in [4.78, 5) is 56.1. The number of β-amino-alcohol motifs (C(OH)–C–C–N with tert-alkyl or cyclic N) is 2. The van der Waals surface area contributed by atoms with Crippen molar-refractivity contribution in [2.24, 2.45) is 23.7 Å². The molecule has 12 heterocycles. The number of ether oxygens (including phenoxy) is 16. The Hall–Kier alpha value is -4.60. The number of aliphatic hydroxyl groups is 4. The summed E-state index contributed by atoms with van der Waals surface area (Å²) >= 11 is 0. The van der Waals surface area contributed by atoms with Gasteiger partial charge in [0.1, 0.15) is 99.7 Å². The smallest absolute Gasteiger partial charge is 0.412 e. The number of carbonyl (C=O) groups is 4. The number of epoxide rings is 8. The monoisotopic (exact) mass is 1570 g/mol. The van der Waals surface area contributed by atoms with E-state index in [-0.39, 0.29) is 155 Å². The van der Waals surface area contributed by atoms with Crippen LogP contribution in [0.1, 0.15) is 186 Å². The maximum atomic E-state index is 12.6. The quantitative estimate of drug-likeness (QED) is 0.0501. The third-order valence-electron chi connectivity index (χ3n) is 27.3. The molecule has 6 unspecified atom stereocenters. The van der Waals surface area contributed by atoms with Crippen LogP contribution < -0.4 is 0 Å². The second kappa shape index (κ2) is 32.4. The molecule has 626 valence electrons. The van der Waals surface area contributed by atoms with Crippen LogP contribution in [-0.4, -0.2) is 307 Å². The molecule has 12 saturated heterocycles. The molecule has 4 aliphatic carbocycles. The first-order valence-corrected chi connectivity index (χ1v) is 41.0. The summed E-state index contributed by atoms with van der Waals surface area (Å²) in [6.45, 7) is 33.0. The molecule has 28 heteroatoms. The lowest BCUT2D eigenvalue weighted by Crippen LogP contribution is -2.63. The molecule has 4 amide bonds. The highest BCUT2D eigenvalue weighted by Gasteiger charge is 2.77. The number of amides is 4. The molecule has 0 aromatic carbocycles. The molecule has 26 atom stereocenters. The maximum Gasteiger partial charge on any atom is 0.412 e. The maximum absolute atomic E-state index is 12.6. The highest BCUT2D eigenvalue weighted by molar-refractivity contribution is 5.70. The van der Waals surface area contributed by atoms with E-state index in [1.807, 2.05) is 4.90 Å². The summed E-state index contributed by atoms with van der Waals surface area (Å²) in [5.74, 6) is 0.0811. The van der Waals surface area contributed by atoms with Crippen LogP contribution in [0.25, 0.3) is 0 Å². The Labute approximate surface area is 656 Å². The van der Waals surface area contributed by atoms with Gasteiger partial charge < -0.3 is 111 Å². The molecule has 111 heavy (non-hydrogen) atoms. The van der Waals surface area contributed by atoms with Crippen LogP contribution in [0.5, 0.6) is 0 Å². The first-order valence-electron chi connectivity index (χ1n) is 41.0. The normalized spacial score (nSPS) is 43.9. The third-order valence-corrected chi connectivity index (χ3v) is 27.3. The molecule has 16 fully saturated rings. The molecule has 0 radical (unpaired) electrons. The highest BCUT2D eigenvalue weighted by atomic mass is 16.7. The number of rotatable bonds is 20. The third kappa shape index (κ3) is 17.5. The lowest BCUT2D eigenvalue weighted by Gasteiger charge is -2.46. The number of carbonyl (C=O) groups excluding carboxylic acids is 4. The van der Waals surface area contributed by atoms with Crippen LogP contribution in [-0.2, 0) is 75.8 Å². The number of nitrogens with zero attached hydrogens (tertiary/aromatic N) is 4. The van der Waals surface area contributed by atoms with E-state index in [1.54, 1.807) is 35.4 Å². The SMILES string of the molecule is CO[C@@H]1[C@H](OC(=O)N2CC(C)(O)C2)CCC2(CO2)[C@H]1[C@@]1(C)O[C@@H]1CC=C(C)C.CO[C@@H]1[C@H](OC(=O)N2CC(O)C2)CCC2(CO2)[C@H]1[C@@]1(C)O[C@@H]1CC=C(C)C.CO[C@@H]1[C@H](OC(=O)N2CCC(O)C2O)CCC2(CO2)[C@H]1[C@@]1(C)O[C@@H]1CC=C(C)C.CO[C@@H]1[C@H](OC(=O)N2CCCC2)CCC2(CO2)[C@H]1[C@@]1(C)O[C@@H]1CC=C(C)C. The Kier molecular flexibility index (Phi) is 24.6. The summed E-state index contributed by atoms with van der Waals surface area (Å²) in [5, 5.41) is 39.0. The lowest BCUT2D eigenvalue weighted by atomic mass is 9.68. The highest BCUT2D eigenvalue weighted by Crippen LogP contribution is 2.64. The van der Waals surface area contributed by atoms with Crippen molar-refractivity contribution >= 4 is 24.4 Å². The first-order chi connectivity index (χ1) is 52.5. The molecule has 16 rings (SSSR count). The zero-order chi connectivity index (χ0) is 79.9. The van der Waals surface area contributed by atoms with Crippen LogP contribution >= 0.6 is 0 Å². The Morgan fingerprint density at radius 3 is 0.928 bits per heavy atom. The Balaban J connectivity index is 0.000000130. The van der Waals surface area contributed by atoms with E-state index in [9.17, 15) is 39.6 Å². The summed E-state index contributed by atoms with van der Waals surface area (Å²) in [7, 11) is 6.69. The van der Waals surface area contributed by atoms with E-state index in [0.29, 0.717) is 71.7 Å². The van der Waals surface area contributed by atoms with Crippen molar-refractivity contribution < 1.29 is 115 Å². The van der Waals surface area contributed by atoms with Crippen molar-refractivity contribution in [2.45, 2.75) is 328 Å². The minimum atomic E-state index is -1.22. The zero-order valence-corrected chi connectivity index (χ0v) is 68.9. The molecule has 28 nitrogen and oxygen atoms in total. The topological polar surface area (TPSA) is 336 Å². The van der Waals surface area contributed by atoms with Gasteiger partial charge in [-0.2, -0.15) is 0 Å². The Morgan fingerprint density at radius 1 is 0.405 bits per heavy atom. The largest absolute Gasteiger partial charge is 0.443 e. The molecule has 4 saturated carbocycles. The predicted octanol–water partition coefficient (Wildman–Crippen LogP) is 9.02. The molecular weight excluding hydrogens is 1440 g/mol. The number of methoxy groups -OCH3 is 4. The van der Waals surface area contributed by atoms with Crippen molar-refractivity contribution in [2.75, 3.05) is 101 Å². The van der Waals surface area contributed by atoms with Crippen LogP contribution in [0.3, 0.4) is 0 Å². The fourth-order valence-corrected chi connectivity index (χ4v) is 20.5. The van der Waals surface area contributed by atoms with E-state index < -0.39 is 41.8 Å². The predicted molar refractivity (Wildman–Crippen MR) is 403 cm³/mol. The van der Waals surface area contributed by atoms with E-state index in [2.05, 4.69) is 107 Å². The van der Waals surface area contributed by atoms with E-state index in [4.69, 9.17) is 75.8 Å². The Bertz CT molecular complexity index is 3450. The van der Waals surface area contributed by atoms with Gasteiger partial charge in [0.2, 0.25) is 0 Å². The van der Waals surface area contributed by atoms with Gasteiger partial charge in [-0.3, -0.25) is 4.90 Å². The van der Waals surface area contributed by atoms with Crippen molar-refractivity contribution in [3.63, 3.8) is 0 Å². The average molecular weight is 1570 g/mol. The van der Waals surface area contributed by atoms with Gasteiger partial charge in [0.05, 0.1) is 112 Å². The van der Waals surface area contributed by atoms with Gasteiger partial charge in [0.25, 0.3) is 0 Å². The van der Waals surface area contributed by atoms with Crippen molar-refractivity contribution in [1.82, 2.24) is 19.6 Å². The van der Waals surface area contributed by atoms with E-state index in [0.717, 1.165) is 90.3 Å². The van der Waals surface area contributed by atoms with Crippen LogP contribution in [0, 0.1) is 23.7 Å².